The van der Waals surface area contributed by atoms with Crippen LogP contribution in [0.3, 0.4) is 0 Å². The topological polar surface area (TPSA) is 72.8 Å². The lowest BCUT2D eigenvalue weighted by molar-refractivity contribution is -0.151. The zero-order chi connectivity index (χ0) is 15.9. The highest BCUT2D eigenvalue weighted by atomic mass is 16.5. The van der Waals surface area contributed by atoms with Crippen molar-refractivity contribution in [2.24, 2.45) is 17.8 Å². The molecule has 0 amide bonds. The maximum absolute atomic E-state index is 12.1. The van der Waals surface area contributed by atoms with Gasteiger partial charge >= 0.3 is 11.9 Å². The van der Waals surface area contributed by atoms with Gasteiger partial charge in [0.2, 0.25) is 0 Å². The summed E-state index contributed by atoms with van der Waals surface area (Å²) in [5, 5.41) is 9.13. The fourth-order valence-electron chi connectivity index (χ4n) is 3.74. The summed E-state index contributed by atoms with van der Waals surface area (Å²) in [7, 11) is 0. The van der Waals surface area contributed by atoms with E-state index in [0.29, 0.717) is 13.2 Å². The summed E-state index contributed by atoms with van der Waals surface area (Å²) >= 11 is 0. The van der Waals surface area contributed by atoms with E-state index in [-0.39, 0.29) is 36.3 Å². The first-order valence-corrected chi connectivity index (χ1v) is 7.66. The number of carbonyl (C=O) groups is 2. The summed E-state index contributed by atoms with van der Waals surface area (Å²) < 4.78 is 10.2. The van der Waals surface area contributed by atoms with Gasteiger partial charge in [-0.3, -0.25) is 9.59 Å². The Kier molecular flexibility index (Phi) is 3.68. The van der Waals surface area contributed by atoms with E-state index in [1.54, 1.807) is 13.8 Å². The van der Waals surface area contributed by atoms with E-state index in [1.807, 2.05) is 24.3 Å². The molecule has 0 radical (unpaired) electrons. The van der Waals surface area contributed by atoms with Crippen LogP contribution in [-0.4, -0.2) is 30.3 Å². The fourth-order valence-corrected chi connectivity index (χ4v) is 3.74. The third-order valence-electron chi connectivity index (χ3n) is 4.80. The van der Waals surface area contributed by atoms with Crippen molar-refractivity contribution in [2.45, 2.75) is 25.9 Å². The predicted molar refractivity (Wildman–Crippen MR) is 77.8 cm³/mol. The van der Waals surface area contributed by atoms with Crippen molar-refractivity contribution in [1.82, 2.24) is 0 Å². The summed E-state index contributed by atoms with van der Waals surface area (Å²) in [6.07, 6.45) is 0. The zero-order valence-corrected chi connectivity index (χ0v) is 12.7. The van der Waals surface area contributed by atoms with Crippen LogP contribution in [0.1, 0.15) is 25.0 Å². The smallest absolute Gasteiger partial charge is 0.310 e. The normalized spacial score (nSPS) is 31.1. The van der Waals surface area contributed by atoms with Crippen molar-refractivity contribution in [1.29, 1.82) is 0 Å². The van der Waals surface area contributed by atoms with Crippen molar-refractivity contribution < 1.29 is 24.2 Å². The van der Waals surface area contributed by atoms with Gasteiger partial charge < -0.3 is 14.6 Å². The maximum Gasteiger partial charge on any atom is 0.310 e. The Bertz CT molecular complexity index is 566. The standard InChI is InChI=1S/C17H20O5/c1-3-21-15(19)13-12-14(16(20)22-4-2)17(12,13)11-7-5-10(9-18)6-8-11/h5-8,12-14,18H,3-4,9H2,1-2H3/t12?,13-,14-,17?/m0/s1. The van der Waals surface area contributed by atoms with E-state index in [1.165, 1.54) is 0 Å². The third-order valence-corrected chi connectivity index (χ3v) is 4.80. The van der Waals surface area contributed by atoms with Gasteiger partial charge in [0.25, 0.3) is 0 Å². The number of hydrogen-bond acceptors (Lipinski definition) is 5. The lowest BCUT2D eigenvalue weighted by Gasteiger charge is -2.18. The summed E-state index contributed by atoms with van der Waals surface area (Å²) in [4.78, 5) is 24.1. The second-order valence-corrected chi connectivity index (χ2v) is 5.77. The number of aliphatic hydroxyl groups excluding tert-OH is 1. The summed E-state index contributed by atoms with van der Waals surface area (Å²) in [5.74, 6) is -0.979. The van der Waals surface area contributed by atoms with Crippen LogP contribution in [0.25, 0.3) is 0 Å². The van der Waals surface area contributed by atoms with Crippen molar-refractivity contribution in [3.05, 3.63) is 35.4 Å². The average Bonchev–Trinajstić information content (AvgIpc) is 3.36. The monoisotopic (exact) mass is 304 g/mol. The van der Waals surface area contributed by atoms with Gasteiger partial charge in [-0.1, -0.05) is 24.3 Å². The SMILES string of the molecule is CCOC(=O)[C@@H]1C2[C@@H](C(=O)OCC)C21c1ccc(CO)cc1. The summed E-state index contributed by atoms with van der Waals surface area (Å²) in [6, 6.07) is 7.42. The molecular formula is C17H20O5. The fraction of sp³-hybridized carbons (Fsp3) is 0.529. The molecule has 2 atom stereocenters. The number of aliphatic hydroxyl groups is 1. The van der Waals surface area contributed by atoms with Crippen LogP contribution >= 0.6 is 0 Å². The second-order valence-electron chi connectivity index (χ2n) is 5.77. The Hall–Kier alpha value is -1.88. The molecule has 1 aromatic rings. The molecule has 118 valence electrons. The van der Waals surface area contributed by atoms with E-state index in [0.717, 1.165) is 11.1 Å². The first-order valence-electron chi connectivity index (χ1n) is 7.66. The Morgan fingerprint density at radius 3 is 1.95 bits per heavy atom. The van der Waals surface area contributed by atoms with Crippen LogP contribution < -0.4 is 0 Å². The summed E-state index contributed by atoms with van der Waals surface area (Å²) in [6.45, 7) is 4.20. The van der Waals surface area contributed by atoms with E-state index < -0.39 is 5.41 Å². The van der Waals surface area contributed by atoms with E-state index in [9.17, 15) is 9.59 Å². The molecule has 3 rings (SSSR count). The number of rotatable bonds is 6. The molecule has 2 saturated carbocycles. The van der Waals surface area contributed by atoms with Gasteiger partial charge in [-0.15, -0.1) is 0 Å². The molecule has 0 unspecified atom stereocenters. The van der Waals surface area contributed by atoms with Gasteiger partial charge in [-0.2, -0.15) is 0 Å². The highest BCUT2D eigenvalue weighted by Gasteiger charge is 2.92. The minimum Gasteiger partial charge on any atom is -0.466 e. The predicted octanol–water partition coefficient (Wildman–Crippen LogP) is 1.42. The van der Waals surface area contributed by atoms with Gasteiger partial charge in [0.05, 0.1) is 31.7 Å². The van der Waals surface area contributed by atoms with Gasteiger partial charge in [0.1, 0.15) is 0 Å². The van der Waals surface area contributed by atoms with Gasteiger partial charge in [0, 0.05) is 5.41 Å². The Morgan fingerprint density at radius 1 is 1.05 bits per heavy atom. The van der Waals surface area contributed by atoms with Crippen molar-refractivity contribution in [3.8, 4) is 0 Å². The number of ether oxygens (including phenoxy) is 2. The van der Waals surface area contributed by atoms with Crippen LogP contribution in [-0.2, 0) is 31.1 Å². The molecule has 1 aromatic carbocycles. The lowest BCUT2D eigenvalue weighted by Crippen LogP contribution is -2.28. The molecule has 0 bridgehead atoms. The first kappa shape index (κ1) is 15.0. The molecule has 2 aliphatic carbocycles. The molecule has 0 heterocycles. The average molecular weight is 304 g/mol. The number of carbonyl (C=O) groups excluding carboxylic acids is 2. The second kappa shape index (κ2) is 5.39. The molecule has 5 heteroatoms. The maximum atomic E-state index is 12.1. The first-order chi connectivity index (χ1) is 10.6. The molecular weight excluding hydrogens is 284 g/mol. The molecule has 1 N–H and O–H groups in total. The Morgan fingerprint density at radius 2 is 1.55 bits per heavy atom. The molecule has 0 aromatic heterocycles. The van der Waals surface area contributed by atoms with Gasteiger partial charge in [0.15, 0.2) is 0 Å². The van der Waals surface area contributed by atoms with Crippen LogP contribution in [0.5, 0.6) is 0 Å². The van der Waals surface area contributed by atoms with Crippen LogP contribution in [0.15, 0.2) is 24.3 Å². The van der Waals surface area contributed by atoms with Crippen molar-refractivity contribution >= 4 is 11.9 Å². The van der Waals surface area contributed by atoms with Crippen molar-refractivity contribution in [3.63, 3.8) is 0 Å². The highest BCUT2D eigenvalue weighted by molar-refractivity contribution is 5.94. The van der Waals surface area contributed by atoms with Crippen LogP contribution in [0.2, 0.25) is 0 Å². The number of esters is 2. The molecule has 5 nitrogen and oxygen atoms in total. The van der Waals surface area contributed by atoms with E-state index in [4.69, 9.17) is 14.6 Å². The van der Waals surface area contributed by atoms with Gasteiger partial charge in [-0.25, -0.2) is 0 Å². The third kappa shape index (κ3) is 1.96. The number of hydrogen-bond donors (Lipinski definition) is 1. The molecule has 0 spiro atoms. The number of benzene rings is 1. The number of fused-ring (bicyclic) bond motifs is 1. The Balaban J connectivity index is 1.84. The molecule has 2 fully saturated rings. The molecule has 0 aliphatic heterocycles. The minimum absolute atomic E-state index is 0.00873. The quantitative estimate of drug-likeness (QED) is 0.805. The molecule has 0 saturated heterocycles. The highest BCUT2D eigenvalue weighted by Crippen LogP contribution is 2.84. The summed E-state index contributed by atoms with van der Waals surface area (Å²) in [5.41, 5.74) is 1.30. The largest absolute Gasteiger partial charge is 0.466 e. The van der Waals surface area contributed by atoms with Gasteiger partial charge in [-0.05, 0) is 30.9 Å². The van der Waals surface area contributed by atoms with Crippen LogP contribution in [0.4, 0.5) is 0 Å². The zero-order valence-electron chi connectivity index (χ0n) is 12.7. The van der Waals surface area contributed by atoms with E-state index in [2.05, 4.69) is 0 Å². The van der Waals surface area contributed by atoms with E-state index >= 15 is 0 Å². The molecule has 22 heavy (non-hydrogen) atoms. The minimum atomic E-state index is -0.452. The van der Waals surface area contributed by atoms with Crippen LogP contribution in [0, 0.1) is 17.8 Å². The van der Waals surface area contributed by atoms with Crippen molar-refractivity contribution in [2.75, 3.05) is 13.2 Å². The lowest BCUT2D eigenvalue weighted by atomic mass is 9.89. The Labute approximate surface area is 129 Å². The molecule has 2 aliphatic rings.